The maximum absolute atomic E-state index is 13.2. The normalized spacial score (nSPS) is 10.4. The Morgan fingerprint density at radius 3 is 2.39 bits per heavy atom. The number of hydrogen-bond acceptors (Lipinski definition) is 6. The lowest BCUT2D eigenvalue weighted by molar-refractivity contribution is 0.103. The minimum Gasteiger partial charge on any atom is -0.497 e. The molecule has 0 aliphatic rings. The van der Waals surface area contributed by atoms with Crippen molar-refractivity contribution in [2.24, 2.45) is 0 Å². The molecule has 0 saturated carbocycles. The molecule has 158 valence electrons. The second-order valence-electron chi connectivity index (χ2n) is 6.93. The van der Waals surface area contributed by atoms with Gasteiger partial charge in [0.25, 0.3) is 5.56 Å². The Labute approximate surface area is 179 Å². The molecule has 1 N–H and O–H groups in total. The number of hydrogen-bond donors (Lipinski definition) is 1. The molecule has 7 heteroatoms. The summed E-state index contributed by atoms with van der Waals surface area (Å²) in [6.45, 7) is 1.59. The van der Waals surface area contributed by atoms with Gasteiger partial charge in [-0.3, -0.25) is 14.2 Å². The van der Waals surface area contributed by atoms with Crippen LogP contribution >= 0.6 is 0 Å². The fourth-order valence-electron chi connectivity index (χ4n) is 3.37. The van der Waals surface area contributed by atoms with Crippen LogP contribution in [0.25, 0.3) is 0 Å². The molecule has 0 radical (unpaired) electrons. The van der Waals surface area contributed by atoms with Crippen LogP contribution in [0.5, 0.6) is 17.4 Å². The monoisotopic (exact) mass is 418 g/mol. The smallest absolute Gasteiger partial charge is 0.271 e. The van der Waals surface area contributed by atoms with Gasteiger partial charge in [0.15, 0.2) is 5.78 Å². The van der Waals surface area contributed by atoms with Crippen molar-refractivity contribution in [3.63, 3.8) is 0 Å². The second kappa shape index (κ2) is 9.18. The van der Waals surface area contributed by atoms with Gasteiger partial charge in [-0.05, 0) is 48.7 Å². The molecule has 3 rings (SSSR count). The van der Waals surface area contributed by atoms with E-state index >= 15 is 0 Å². The first-order valence-corrected chi connectivity index (χ1v) is 9.59. The number of pyridine rings is 1. The highest BCUT2D eigenvalue weighted by Gasteiger charge is 2.25. The molecule has 1 heterocycles. The third-order valence-corrected chi connectivity index (χ3v) is 5.14. The molecule has 3 aromatic rings. The number of carbonyl (C=O) groups excluding carboxylic acids is 1. The van der Waals surface area contributed by atoms with E-state index in [1.54, 1.807) is 43.5 Å². The highest BCUT2D eigenvalue weighted by atomic mass is 16.5. The fourth-order valence-corrected chi connectivity index (χ4v) is 3.37. The van der Waals surface area contributed by atoms with Crippen molar-refractivity contribution in [3.8, 4) is 23.4 Å². The molecule has 0 unspecified atom stereocenters. The molecule has 0 aliphatic carbocycles. The number of ether oxygens (including phenoxy) is 2. The highest BCUT2D eigenvalue weighted by Crippen LogP contribution is 2.26. The Morgan fingerprint density at radius 2 is 1.77 bits per heavy atom. The fraction of sp³-hybridized carbons (Fsp3) is 0.208. The summed E-state index contributed by atoms with van der Waals surface area (Å²) in [4.78, 5) is 26.0. The Kier molecular flexibility index (Phi) is 6.41. The number of rotatable bonds is 7. The molecule has 0 amide bonds. The molecule has 0 spiro atoms. The molecule has 0 bridgehead atoms. The van der Waals surface area contributed by atoms with Gasteiger partial charge in [0, 0.05) is 12.1 Å². The molecular formula is C24H22N2O5. The van der Waals surface area contributed by atoms with E-state index in [-0.39, 0.29) is 28.8 Å². The number of aromatic nitrogens is 1. The third-order valence-electron chi connectivity index (χ3n) is 5.14. The van der Waals surface area contributed by atoms with E-state index in [9.17, 15) is 20.0 Å². The van der Waals surface area contributed by atoms with Crippen molar-refractivity contribution < 1.29 is 19.4 Å². The first kappa shape index (κ1) is 21.7. The van der Waals surface area contributed by atoms with E-state index in [2.05, 4.69) is 0 Å². The van der Waals surface area contributed by atoms with E-state index in [0.29, 0.717) is 17.9 Å². The van der Waals surface area contributed by atoms with Crippen molar-refractivity contribution in [3.05, 3.63) is 86.7 Å². The summed E-state index contributed by atoms with van der Waals surface area (Å²) in [5.74, 6) is 0.236. The Balaban J connectivity index is 2.05. The van der Waals surface area contributed by atoms with Crippen LogP contribution < -0.4 is 15.0 Å². The number of aryl methyl sites for hydroxylation is 1. The first-order valence-electron chi connectivity index (χ1n) is 9.59. The second-order valence-corrected chi connectivity index (χ2v) is 6.93. The van der Waals surface area contributed by atoms with Gasteiger partial charge in [-0.2, -0.15) is 5.26 Å². The average Bonchev–Trinajstić information content (AvgIpc) is 2.79. The van der Waals surface area contributed by atoms with Crippen molar-refractivity contribution in [2.45, 2.75) is 19.9 Å². The summed E-state index contributed by atoms with van der Waals surface area (Å²) < 4.78 is 11.4. The summed E-state index contributed by atoms with van der Waals surface area (Å²) in [6, 6.07) is 15.6. The highest BCUT2D eigenvalue weighted by molar-refractivity contribution is 6.11. The molecule has 0 fully saturated rings. The third kappa shape index (κ3) is 4.28. The van der Waals surface area contributed by atoms with Crippen molar-refractivity contribution in [1.82, 2.24) is 4.57 Å². The first-order chi connectivity index (χ1) is 14.9. The van der Waals surface area contributed by atoms with Gasteiger partial charge in [-0.15, -0.1) is 0 Å². The zero-order chi connectivity index (χ0) is 22.5. The summed E-state index contributed by atoms with van der Waals surface area (Å²) in [6.07, 6.45) is 0.415. The van der Waals surface area contributed by atoms with Crippen LogP contribution in [0.4, 0.5) is 0 Å². The Hall–Kier alpha value is -4.05. The summed E-state index contributed by atoms with van der Waals surface area (Å²) in [7, 11) is 3.06. The summed E-state index contributed by atoms with van der Waals surface area (Å²) >= 11 is 0. The molecule has 0 saturated heterocycles. The lowest BCUT2D eigenvalue weighted by Gasteiger charge is -2.16. The molecule has 1 aromatic heterocycles. The van der Waals surface area contributed by atoms with Crippen LogP contribution in [-0.2, 0) is 13.0 Å². The van der Waals surface area contributed by atoms with Crippen LogP contribution in [0, 0.1) is 18.3 Å². The van der Waals surface area contributed by atoms with E-state index in [1.807, 2.05) is 18.2 Å². The van der Waals surface area contributed by atoms with E-state index in [4.69, 9.17) is 9.47 Å². The predicted octanol–water partition coefficient (Wildman–Crippen LogP) is 3.22. The number of nitrogens with zero attached hydrogens (tertiary/aromatic N) is 2. The number of carbonyl (C=O) groups is 1. The lowest BCUT2D eigenvalue weighted by atomic mass is 9.97. The van der Waals surface area contributed by atoms with Gasteiger partial charge < -0.3 is 14.6 Å². The SMILES string of the molecule is COc1ccc(CCn2c(O)c(C(=O)c3cccc(OC)c3)c(C)c(C#N)c2=O)cc1. The largest absolute Gasteiger partial charge is 0.497 e. The molecule has 31 heavy (non-hydrogen) atoms. The summed E-state index contributed by atoms with van der Waals surface area (Å²) in [5, 5.41) is 20.4. The van der Waals surface area contributed by atoms with Gasteiger partial charge in [0.2, 0.25) is 5.88 Å². The standard InChI is InChI=1S/C24H22N2O5/c1-15-20(14-25)23(28)26(12-11-16-7-9-18(30-2)10-8-16)24(29)21(15)22(27)17-5-4-6-19(13-17)31-3/h4-10,13,29H,11-12H2,1-3H3. The number of ketones is 1. The molecular weight excluding hydrogens is 396 g/mol. The van der Waals surface area contributed by atoms with Gasteiger partial charge in [-0.1, -0.05) is 24.3 Å². The van der Waals surface area contributed by atoms with Gasteiger partial charge in [0.05, 0.1) is 19.8 Å². The van der Waals surface area contributed by atoms with Crippen LogP contribution in [0.1, 0.15) is 32.6 Å². The van der Waals surface area contributed by atoms with Crippen molar-refractivity contribution in [1.29, 1.82) is 5.26 Å². The summed E-state index contributed by atoms with van der Waals surface area (Å²) in [5.41, 5.74) is 0.471. The maximum atomic E-state index is 13.2. The zero-order valence-electron chi connectivity index (χ0n) is 17.5. The van der Waals surface area contributed by atoms with E-state index < -0.39 is 17.2 Å². The topological polar surface area (TPSA) is 102 Å². The number of nitriles is 1. The predicted molar refractivity (Wildman–Crippen MR) is 115 cm³/mol. The lowest BCUT2D eigenvalue weighted by Crippen LogP contribution is -2.27. The average molecular weight is 418 g/mol. The van der Waals surface area contributed by atoms with Gasteiger partial charge in [-0.25, -0.2) is 0 Å². The minimum absolute atomic E-state index is 0.0702. The molecule has 7 nitrogen and oxygen atoms in total. The number of aromatic hydroxyl groups is 1. The van der Waals surface area contributed by atoms with Crippen molar-refractivity contribution >= 4 is 5.78 Å². The van der Waals surface area contributed by atoms with Crippen LogP contribution in [0.15, 0.2) is 53.3 Å². The number of methoxy groups -OCH3 is 2. The van der Waals surface area contributed by atoms with Gasteiger partial charge >= 0.3 is 0 Å². The van der Waals surface area contributed by atoms with E-state index in [0.717, 1.165) is 10.1 Å². The quantitative estimate of drug-likeness (QED) is 0.591. The minimum atomic E-state index is -0.631. The maximum Gasteiger partial charge on any atom is 0.271 e. The van der Waals surface area contributed by atoms with E-state index in [1.165, 1.54) is 14.0 Å². The van der Waals surface area contributed by atoms with Crippen molar-refractivity contribution in [2.75, 3.05) is 14.2 Å². The van der Waals surface area contributed by atoms with Gasteiger partial charge in [0.1, 0.15) is 23.1 Å². The zero-order valence-corrected chi connectivity index (χ0v) is 17.5. The Bertz CT molecular complexity index is 1220. The number of benzene rings is 2. The molecule has 2 aromatic carbocycles. The van der Waals surface area contributed by atoms with Crippen LogP contribution in [0.2, 0.25) is 0 Å². The molecule has 0 atom stereocenters. The molecule has 0 aliphatic heterocycles. The van der Waals surface area contributed by atoms with Crippen LogP contribution in [0.3, 0.4) is 0 Å². The Morgan fingerprint density at radius 1 is 1.10 bits per heavy atom. The van der Waals surface area contributed by atoms with Crippen LogP contribution in [-0.4, -0.2) is 29.7 Å².